The Morgan fingerprint density at radius 3 is 3.00 bits per heavy atom. The van der Waals surface area contributed by atoms with Crippen LogP contribution in [0.15, 0.2) is 18.2 Å². The lowest BCUT2D eigenvalue weighted by atomic mass is 10.1. The maximum Gasteiger partial charge on any atom is 0.340 e. The van der Waals surface area contributed by atoms with Gasteiger partial charge < -0.3 is 14.8 Å². The standard InChI is InChI=1S/C15H18FN5O3/c1-23-15(22)11-3-2-4-12(14(11)16)17-9-13-18-19-20-21(13)10-5-7-24-8-6-10/h2-4,10,17H,5-9H2,1H3. The molecule has 0 unspecified atom stereocenters. The predicted molar refractivity (Wildman–Crippen MR) is 82.0 cm³/mol. The Labute approximate surface area is 137 Å². The molecule has 8 nitrogen and oxygen atoms in total. The van der Waals surface area contributed by atoms with Crippen molar-refractivity contribution in [2.24, 2.45) is 0 Å². The molecule has 0 aliphatic carbocycles. The van der Waals surface area contributed by atoms with Crippen LogP contribution in [-0.4, -0.2) is 46.5 Å². The first kappa shape index (κ1) is 16.3. The number of carbonyl (C=O) groups excluding carboxylic acids is 1. The molecular formula is C15H18FN5O3. The van der Waals surface area contributed by atoms with Crippen LogP contribution < -0.4 is 5.32 Å². The fourth-order valence-electron chi connectivity index (χ4n) is 2.65. The van der Waals surface area contributed by atoms with E-state index in [0.717, 1.165) is 12.8 Å². The topological polar surface area (TPSA) is 91.2 Å². The zero-order valence-electron chi connectivity index (χ0n) is 13.2. The molecule has 0 atom stereocenters. The largest absolute Gasteiger partial charge is 0.465 e. The van der Waals surface area contributed by atoms with Gasteiger partial charge in [-0.15, -0.1) is 5.10 Å². The Morgan fingerprint density at radius 1 is 1.46 bits per heavy atom. The normalized spacial score (nSPS) is 15.2. The van der Waals surface area contributed by atoms with Crippen molar-refractivity contribution in [3.63, 3.8) is 0 Å². The number of benzene rings is 1. The van der Waals surface area contributed by atoms with Crippen molar-refractivity contribution in [1.29, 1.82) is 0 Å². The molecule has 2 heterocycles. The third kappa shape index (κ3) is 3.35. The number of nitrogens with one attached hydrogen (secondary N) is 1. The number of ether oxygens (including phenoxy) is 2. The zero-order valence-corrected chi connectivity index (χ0v) is 13.2. The molecule has 1 aromatic heterocycles. The molecule has 1 aliphatic rings. The molecule has 1 aromatic carbocycles. The van der Waals surface area contributed by atoms with Crippen molar-refractivity contribution in [2.45, 2.75) is 25.4 Å². The Kier molecular flexibility index (Phi) is 4.99. The number of anilines is 1. The van der Waals surface area contributed by atoms with Gasteiger partial charge >= 0.3 is 5.97 Å². The molecule has 2 aromatic rings. The van der Waals surface area contributed by atoms with E-state index in [9.17, 15) is 9.18 Å². The fraction of sp³-hybridized carbons (Fsp3) is 0.467. The summed E-state index contributed by atoms with van der Waals surface area (Å²) < 4.78 is 26.0. The van der Waals surface area contributed by atoms with Gasteiger partial charge in [-0.3, -0.25) is 0 Å². The van der Waals surface area contributed by atoms with Gasteiger partial charge in [-0.25, -0.2) is 13.9 Å². The molecule has 128 valence electrons. The summed E-state index contributed by atoms with van der Waals surface area (Å²) in [4.78, 5) is 11.5. The minimum Gasteiger partial charge on any atom is -0.465 e. The lowest BCUT2D eigenvalue weighted by Gasteiger charge is -2.22. The van der Waals surface area contributed by atoms with Crippen LogP contribution in [0.2, 0.25) is 0 Å². The van der Waals surface area contributed by atoms with Crippen LogP contribution in [0, 0.1) is 5.82 Å². The summed E-state index contributed by atoms with van der Waals surface area (Å²) in [6.07, 6.45) is 1.68. The van der Waals surface area contributed by atoms with Crippen molar-refractivity contribution in [3.8, 4) is 0 Å². The van der Waals surface area contributed by atoms with E-state index in [1.54, 1.807) is 16.8 Å². The van der Waals surface area contributed by atoms with Crippen molar-refractivity contribution >= 4 is 11.7 Å². The van der Waals surface area contributed by atoms with Gasteiger partial charge in [0.25, 0.3) is 0 Å². The van der Waals surface area contributed by atoms with Gasteiger partial charge in [-0.2, -0.15) is 0 Å². The number of methoxy groups -OCH3 is 1. The number of hydrogen-bond donors (Lipinski definition) is 1. The number of aromatic nitrogens is 4. The third-order valence-corrected chi connectivity index (χ3v) is 3.94. The highest BCUT2D eigenvalue weighted by atomic mass is 19.1. The minimum absolute atomic E-state index is 0.119. The maximum absolute atomic E-state index is 14.4. The summed E-state index contributed by atoms with van der Waals surface area (Å²) in [6, 6.07) is 4.68. The quantitative estimate of drug-likeness (QED) is 0.829. The van der Waals surface area contributed by atoms with Gasteiger partial charge in [0, 0.05) is 13.2 Å². The Bertz CT molecular complexity index is 715. The van der Waals surface area contributed by atoms with Gasteiger partial charge in [0.05, 0.1) is 30.9 Å². The van der Waals surface area contributed by atoms with Crippen LogP contribution in [0.5, 0.6) is 0 Å². The second-order valence-electron chi connectivity index (χ2n) is 5.40. The van der Waals surface area contributed by atoms with Crippen LogP contribution in [0.3, 0.4) is 0 Å². The fourth-order valence-corrected chi connectivity index (χ4v) is 2.65. The van der Waals surface area contributed by atoms with Crippen LogP contribution >= 0.6 is 0 Å². The van der Waals surface area contributed by atoms with Crippen LogP contribution in [-0.2, 0) is 16.0 Å². The monoisotopic (exact) mass is 335 g/mol. The van der Waals surface area contributed by atoms with E-state index < -0.39 is 11.8 Å². The summed E-state index contributed by atoms with van der Waals surface area (Å²) in [5.41, 5.74) is 0.0750. The molecular weight excluding hydrogens is 317 g/mol. The summed E-state index contributed by atoms with van der Waals surface area (Å²) in [6.45, 7) is 1.59. The average molecular weight is 335 g/mol. The van der Waals surface area contributed by atoms with E-state index in [2.05, 4.69) is 25.6 Å². The van der Waals surface area contributed by atoms with Gasteiger partial charge in [0.2, 0.25) is 0 Å². The number of nitrogens with zero attached hydrogens (tertiary/aromatic N) is 4. The zero-order chi connectivity index (χ0) is 16.9. The number of tetrazole rings is 1. The first-order chi connectivity index (χ1) is 11.7. The van der Waals surface area contributed by atoms with Crippen LogP contribution in [0.4, 0.5) is 10.1 Å². The van der Waals surface area contributed by atoms with Crippen LogP contribution in [0.1, 0.15) is 35.1 Å². The van der Waals surface area contributed by atoms with E-state index in [4.69, 9.17) is 4.74 Å². The van der Waals surface area contributed by atoms with E-state index >= 15 is 0 Å². The van der Waals surface area contributed by atoms with Crippen molar-refractivity contribution < 1.29 is 18.7 Å². The Morgan fingerprint density at radius 2 is 2.25 bits per heavy atom. The third-order valence-electron chi connectivity index (χ3n) is 3.94. The molecule has 1 fully saturated rings. The molecule has 9 heteroatoms. The first-order valence-corrected chi connectivity index (χ1v) is 7.66. The first-order valence-electron chi connectivity index (χ1n) is 7.66. The molecule has 1 N–H and O–H groups in total. The SMILES string of the molecule is COC(=O)c1cccc(NCc2nnnn2C2CCOCC2)c1F. The molecule has 0 saturated carbocycles. The number of carbonyl (C=O) groups is 1. The lowest BCUT2D eigenvalue weighted by Crippen LogP contribution is -2.23. The van der Waals surface area contributed by atoms with E-state index in [1.165, 1.54) is 13.2 Å². The highest BCUT2D eigenvalue weighted by molar-refractivity contribution is 5.90. The minimum atomic E-state index is -0.719. The average Bonchev–Trinajstić information content (AvgIpc) is 3.09. The summed E-state index contributed by atoms with van der Waals surface area (Å²) >= 11 is 0. The van der Waals surface area contributed by atoms with Crippen molar-refractivity contribution in [1.82, 2.24) is 20.2 Å². The van der Waals surface area contributed by atoms with E-state index in [1.807, 2.05) is 0 Å². The molecule has 1 saturated heterocycles. The molecule has 24 heavy (non-hydrogen) atoms. The highest BCUT2D eigenvalue weighted by Gasteiger charge is 2.21. The Balaban J connectivity index is 1.73. The molecule has 0 bridgehead atoms. The van der Waals surface area contributed by atoms with E-state index in [0.29, 0.717) is 19.0 Å². The van der Waals surface area contributed by atoms with E-state index in [-0.39, 0.29) is 23.8 Å². The predicted octanol–water partition coefficient (Wildman–Crippen LogP) is 1.56. The van der Waals surface area contributed by atoms with Crippen molar-refractivity contribution in [2.75, 3.05) is 25.6 Å². The summed E-state index contributed by atoms with van der Waals surface area (Å²) in [5.74, 6) is -0.776. The number of esters is 1. The van der Waals surface area contributed by atoms with Crippen molar-refractivity contribution in [3.05, 3.63) is 35.4 Å². The molecule has 1 aliphatic heterocycles. The lowest BCUT2D eigenvalue weighted by molar-refractivity contribution is 0.0595. The van der Waals surface area contributed by atoms with Gasteiger partial charge in [0.15, 0.2) is 11.6 Å². The summed E-state index contributed by atoms with van der Waals surface area (Å²) in [7, 11) is 1.21. The number of halogens is 1. The second kappa shape index (κ2) is 7.35. The highest BCUT2D eigenvalue weighted by Crippen LogP contribution is 2.22. The molecule has 0 spiro atoms. The number of hydrogen-bond acceptors (Lipinski definition) is 7. The van der Waals surface area contributed by atoms with Crippen LogP contribution in [0.25, 0.3) is 0 Å². The molecule has 3 rings (SSSR count). The summed E-state index contributed by atoms with van der Waals surface area (Å²) in [5, 5.41) is 14.7. The maximum atomic E-state index is 14.4. The molecule has 0 radical (unpaired) electrons. The second-order valence-corrected chi connectivity index (χ2v) is 5.40. The van der Waals surface area contributed by atoms with Gasteiger partial charge in [0.1, 0.15) is 0 Å². The number of rotatable bonds is 5. The van der Waals surface area contributed by atoms with Gasteiger partial charge in [-0.05, 0) is 35.4 Å². The smallest absolute Gasteiger partial charge is 0.340 e. The van der Waals surface area contributed by atoms with Gasteiger partial charge in [-0.1, -0.05) is 6.07 Å². The Hall–Kier alpha value is -2.55. The molecule has 0 amide bonds.